The van der Waals surface area contributed by atoms with Crippen LogP contribution < -0.4 is 25.0 Å². The number of benzene rings is 2. The van der Waals surface area contributed by atoms with Gasteiger partial charge in [0.2, 0.25) is 0 Å². The molecule has 0 aromatic heterocycles. The molecule has 8 heteroatoms. The quantitative estimate of drug-likeness (QED) is 0.542. The number of carbonyl (C=O) groups excluding carboxylic acids is 2. The summed E-state index contributed by atoms with van der Waals surface area (Å²) in [5.41, 5.74) is 3.41. The molecule has 27 heavy (non-hydrogen) atoms. The predicted octanol–water partition coefficient (Wildman–Crippen LogP) is 1.59. The summed E-state index contributed by atoms with van der Waals surface area (Å²) in [6.07, 6.45) is 1.44. The second-order valence-electron chi connectivity index (χ2n) is 5.32. The standard InChI is InChI=1S/C19H21N3O5/c1-25-15-6-4-5-13(9-15)19(24)20-12-18(23)22-21-11-14-7-8-16(26-2)10-17(14)27-3/h4-11H,12H2,1-3H3,(H,20,24)(H,22,23)/b21-11-. The van der Waals surface area contributed by atoms with Crippen molar-refractivity contribution in [3.63, 3.8) is 0 Å². The molecule has 2 aromatic carbocycles. The van der Waals surface area contributed by atoms with Crippen LogP contribution in [0.3, 0.4) is 0 Å². The SMILES string of the molecule is COc1cccc(C(=O)NCC(=O)N/N=C\c2ccc(OC)cc2OC)c1. The highest BCUT2D eigenvalue weighted by Gasteiger charge is 2.08. The minimum absolute atomic E-state index is 0.215. The highest BCUT2D eigenvalue weighted by atomic mass is 16.5. The molecule has 0 spiro atoms. The van der Waals surface area contributed by atoms with Gasteiger partial charge in [0, 0.05) is 17.2 Å². The van der Waals surface area contributed by atoms with E-state index in [1.54, 1.807) is 49.6 Å². The van der Waals surface area contributed by atoms with Crippen molar-refractivity contribution in [1.29, 1.82) is 0 Å². The van der Waals surface area contributed by atoms with Crippen LogP contribution in [0.25, 0.3) is 0 Å². The maximum Gasteiger partial charge on any atom is 0.259 e. The van der Waals surface area contributed by atoms with Crippen LogP contribution in [0.1, 0.15) is 15.9 Å². The first-order valence-electron chi connectivity index (χ1n) is 8.03. The monoisotopic (exact) mass is 371 g/mol. The Hall–Kier alpha value is -3.55. The van der Waals surface area contributed by atoms with Crippen LogP contribution in [-0.4, -0.2) is 45.9 Å². The van der Waals surface area contributed by atoms with Gasteiger partial charge in [0.25, 0.3) is 11.8 Å². The summed E-state index contributed by atoms with van der Waals surface area (Å²) in [7, 11) is 4.60. The first kappa shape index (κ1) is 19.8. The first-order chi connectivity index (χ1) is 13.1. The number of carbonyl (C=O) groups is 2. The number of methoxy groups -OCH3 is 3. The number of rotatable bonds is 8. The van der Waals surface area contributed by atoms with Crippen molar-refractivity contribution in [3.05, 3.63) is 53.6 Å². The van der Waals surface area contributed by atoms with Crippen LogP contribution in [0.4, 0.5) is 0 Å². The zero-order chi connectivity index (χ0) is 19.6. The molecule has 0 fully saturated rings. The summed E-state index contributed by atoms with van der Waals surface area (Å²) in [4.78, 5) is 23.9. The molecule has 2 N–H and O–H groups in total. The van der Waals surface area contributed by atoms with Gasteiger partial charge in [0.15, 0.2) is 0 Å². The summed E-state index contributed by atoms with van der Waals surface area (Å²) in [6, 6.07) is 11.8. The van der Waals surface area contributed by atoms with Crippen LogP contribution in [0.15, 0.2) is 47.6 Å². The van der Waals surface area contributed by atoms with Crippen molar-refractivity contribution in [3.8, 4) is 17.2 Å². The second-order valence-corrected chi connectivity index (χ2v) is 5.32. The third kappa shape index (κ3) is 5.74. The molecule has 2 amide bonds. The average Bonchev–Trinajstić information content (AvgIpc) is 2.72. The van der Waals surface area contributed by atoms with Crippen LogP contribution in [0, 0.1) is 0 Å². The van der Waals surface area contributed by atoms with Crippen LogP contribution in [0.5, 0.6) is 17.2 Å². The molecular formula is C19H21N3O5. The summed E-state index contributed by atoms with van der Waals surface area (Å²) >= 11 is 0. The zero-order valence-corrected chi connectivity index (χ0v) is 15.3. The maximum atomic E-state index is 12.0. The van der Waals surface area contributed by atoms with Crippen molar-refractivity contribution in [2.75, 3.05) is 27.9 Å². The van der Waals surface area contributed by atoms with Crippen molar-refractivity contribution in [2.45, 2.75) is 0 Å². The molecule has 0 heterocycles. The van der Waals surface area contributed by atoms with Gasteiger partial charge in [0.05, 0.1) is 34.1 Å². The van der Waals surface area contributed by atoms with E-state index in [1.807, 2.05) is 0 Å². The molecule has 2 aromatic rings. The summed E-state index contributed by atoms with van der Waals surface area (Å²) in [6.45, 7) is -0.215. The number of nitrogens with zero attached hydrogens (tertiary/aromatic N) is 1. The lowest BCUT2D eigenvalue weighted by molar-refractivity contribution is -0.120. The van der Waals surface area contributed by atoms with E-state index in [0.29, 0.717) is 28.4 Å². The van der Waals surface area contributed by atoms with E-state index >= 15 is 0 Å². The minimum atomic E-state index is -0.463. The number of ether oxygens (including phenoxy) is 3. The summed E-state index contributed by atoms with van der Waals surface area (Å²) in [5.74, 6) is 0.914. The number of hydrogen-bond donors (Lipinski definition) is 2. The van der Waals surface area contributed by atoms with Crippen molar-refractivity contribution in [2.24, 2.45) is 5.10 Å². The van der Waals surface area contributed by atoms with E-state index in [9.17, 15) is 9.59 Å². The van der Waals surface area contributed by atoms with E-state index in [4.69, 9.17) is 14.2 Å². The Morgan fingerprint density at radius 3 is 2.44 bits per heavy atom. The Labute approximate surface area is 157 Å². The Kier molecular flexibility index (Phi) is 7.18. The molecule has 0 saturated carbocycles. The van der Waals surface area contributed by atoms with Crippen molar-refractivity contribution in [1.82, 2.24) is 10.7 Å². The summed E-state index contributed by atoms with van der Waals surface area (Å²) in [5, 5.41) is 6.38. The highest BCUT2D eigenvalue weighted by Crippen LogP contribution is 2.22. The van der Waals surface area contributed by atoms with Crippen molar-refractivity contribution >= 4 is 18.0 Å². The van der Waals surface area contributed by atoms with Gasteiger partial charge >= 0.3 is 0 Å². The van der Waals surface area contributed by atoms with Gasteiger partial charge in [-0.05, 0) is 30.3 Å². The third-order valence-corrected chi connectivity index (χ3v) is 3.57. The molecule has 0 bridgehead atoms. The zero-order valence-electron chi connectivity index (χ0n) is 15.3. The van der Waals surface area contributed by atoms with Gasteiger partial charge in [-0.1, -0.05) is 6.07 Å². The van der Waals surface area contributed by atoms with E-state index in [0.717, 1.165) is 0 Å². The van der Waals surface area contributed by atoms with Crippen LogP contribution in [-0.2, 0) is 4.79 Å². The Morgan fingerprint density at radius 1 is 1.00 bits per heavy atom. The topological polar surface area (TPSA) is 98.2 Å². The lowest BCUT2D eigenvalue weighted by atomic mass is 10.2. The largest absolute Gasteiger partial charge is 0.497 e. The highest BCUT2D eigenvalue weighted by molar-refractivity contribution is 5.96. The molecule has 0 aliphatic heterocycles. The van der Waals surface area contributed by atoms with E-state index in [1.165, 1.54) is 20.4 Å². The number of hydrazone groups is 1. The van der Waals surface area contributed by atoms with Gasteiger partial charge in [-0.2, -0.15) is 5.10 Å². The Bertz CT molecular complexity index is 836. The molecule has 0 atom stereocenters. The van der Waals surface area contributed by atoms with Gasteiger partial charge in [-0.3, -0.25) is 9.59 Å². The molecular weight excluding hydrogens is 350 g/mol. The number of amides is 2. The molecule has 8 nitrogen and oxygen atoms in total. The predicted molar refractivity (Wildman–Crippen MR) is 101 cm³/mol. The fraction of sp³-hybridized carbons (Fsp3) is 0.211. The fourth-order valence-electron chi connectivity index (χ4n) is 2.17. The minimum Gasteiger partial charge on any atom is -0.497 e. The Balaban J connectivity index is 1.87. The fourth-order valence-corrected chi connectivity index (χ4v) is 2.17. The van der Waals surface area contributed by atoms with Gasteiger partial charge in [-0.25, -0.2) is 5.43 Å². The van der Waals surface area contributed by atoms with Gasteiger partial charge in [-0.15, -0.1) is 0 Å². The number of hydrogen-bond acceptors (Lipinski definition) is 6. The molecule has 0 radical (unpaired) electrons. The number of nitrogens with one attached hydrogen (secondary N) is 2. The van der Waals surface area contributed by atoms with Gasteiger partial charge in [0.1, 0.15) is 17.2 Å². The second kappa shape index (κ2) is 9.81. The maximum absolute atomic E-state index is 12.0. The molecule has 0 saturated heterocycles. The van der Waals surface area contributed by atoms with Gasteiger partial charge < -0.3 is 19.5 Å². The lowest BCUT2D eigenvalue weighted by Crippen LogP contribution is -2.34. The lowest BCUT2D eigenvalue weighted by Gasteiger charge is -2.07. The molecule has 0 aliphatic rings. The summed E-state index contributed by atoms with van der Waals surface area (Å²) < 4.78 is 15.4. The first-order valence-corrected chi connectivity index (χ1v) is 8.03. The molecule has 142 valence electrons. The van der Waals surface area contributed by atoms with E-state index in [-0.39, 0.29) is 12.5 Å². The smallest absolute Gasteiger partial charge is 0.259 e. The molecule has 2 rings (SSSR count). The molecule has 0 unspecified atom stereocenters. The molecule has 0 aliphatic carbocycles. The Morgan fingerprint density at radius 2 is 1.74 bits per heavy atom. The van der Waals surface area contributed by atoms with Crippen LogP contribution in [0.2, 0.25) is 0 Å². The van der Waals surface area contributed by atoms with E-state index in [2.05, 4.69) is 15.8 Å². The van der Waals surface area contributed by atoms with Crippen LogP contribution >= 0.6 is 0 Å². The van der Waals surface area contributed by atoms with E-state index < -0.39 is 5.91 Å². The third-order valence-electron chi connectivity index (χ3n) is 3.57. The van der Waals surface area contributed by atoms with Crippen molar-refractivity contribution < 1.29 is 23.8 Å². The normalized spacial score (nSPS) is 10.3. The average molecular weight is 371 g/mol.